The van der Waals surface area contributed by atoms with Gasteiger partial charge in [-0.15, -0.1) is 0 Å². The highest BCUT2D eigenvalue weighted by molar-refractivity contribution is 6.33. The van der Waals surface area contributed by atoms with Gasteiger partial charge in [-0.05, 0) is 38.5 Å². The van der Waals surface area contributed by atoms with Gasteiger partial charge in [0.05, 0.1) is 16.4 Å². The summed E-state index contributed by atoms with van der Waals surface area (Å²) in [5, 5.41) is 8.38. The number of halogens is 1. The zero-order chi connectivity index (χ0) is 14.2. The van der Waals surface area contributed by atoms with Crippen molar-refractivity contribution in [1.29, 1.82) is 0 Å². The first-order chi connectivity index (χ1) is 8.90. The van der Waals surface area contributed by atoms with Crippen LogP contribution in [0.4, 0.5) is 11.4 Å². The van der Waals surface area contributed by atoms with Crippen LogP contribution in [0.5, 0.6) is 0 Å². The molecule has 5 heteroatoms. The summed E-state index contributed by atoms with van der Waals surface area (Å²) in [6.07, 6.45) is 0. The van der Waals surface area contributed by atoms with Crippen LogP contribution in [0.3, 0.4) is 0 Å². The first-order valence-corrected chi connectivity index (χ1v) is 6.56. The summed E-state index contributed by atoms with van der Waals surface area (Å²) in [5.41, 5.74) is 11.9. The second-order valence-corrected chi connectivity index (χ2v) is 5.22. The lowest BCUT2D eigenvalue weighted by atomic mass is 10.1. The maximum absolute atomic E-state index is 6.05. The largest absolute Gasteiger partial charge is 0.398 e. The standard InChI is InChI=1S/C14H19ClN4/c1-8-5-13(16)12(15)6-14(8)17-7-11-9(2)18-19(4)10(11)3/h5-6,17H,7,16H2,1-4H3. The lowest BCUT2D eigenvalue weighted by Gasteiger charge is -2.12. The zero-order valence-electron chi connectivity index (χ0n) is 11.7. The summed E-state index contributed by atoms with van der Waals surface area (Å²) >= 11 is 6.05. The Kier molecular flexibility index (Phi) is 3.71. The Labute approximate surface area is 118 Å². The van der Waals surface area contributed by atoms with E-state index >= 15 is 0 Å². The van der Waals surface area contributed by atoms with E-state index in [1.54, 1.807) is 0 Å². The molecule has 1 aromatic carbocycles. The molecular formula is C14H19ClN4. The molecule has 0 amide bonds. The van der Waals surface area contributed by atoms with E-state index in [-0.39, 0.29) is 0 Å². The van der Waals surface area contributed by atoms with Crippen LogP contribution in [0.15, 0.2) is 12.1 Å². The number of rotatable bonds is 3. The maximum atomic E-state index is 6.05. The summed E-state index contributed by atoms with van der Waals surface area (Å²) in [5.74, 6) is 0. The molecule has 0 fully saturated rings. The van der Waals surface area contributed by atoms with Crippen molar-refractivity contribution in [3.8, 4) is 0 Å². The number of anilines is 2. The van der Waals surface area contributed by atoms with Gasteiger partial charge >= 0.3 is 0 Å². The van der Waals surface area contributed by atoms with Gasteiger partial charge in [0.1, 0.15) is 0 Å². The summed E-state index contributed by atoms with van der Waals surface area (Å²) in [7, 11) is 1.96. The molecule has 0 atom stereocenters. The van der Waals surface area contributed by atoms with E-state index in [1.807, 2.05) is 37.7 Å². The number of nitrogen functional groups attached to an aromatic ring is 1. The SMILES string of the molecule is Cc1cc(N)c(Cl)cc1NCc1c(C)nn(C)c1C. The van der Waals surface area contributed by atoms with E-state index in [0.717, 1.165) is 23.5 Å². The maximum Gasteiger partial charge on any atom is 0.0656 e. The predicted octanol–water partition coefficient (Wildman–Crippen LogP) is 3.19. The number of nitrogens with two attached hydrogens (primary N) is 1. The Hall–Kier alpha value is -1.68. The van der Waals surface area contributed by atoms with E-state index in [9.17, 15) is 0 Å². The average Bonchev–Trinajstić information content (AvgIpc) is 2.57. The molecule has 102 valence electrons. The Morgan fingerprint density at radius 1 is 1.32 bits per heavy atom. The van der Waals surface area contributed by atoms with E-state index in [2.05, 4.69) is 17.3 Å². The van der Waals surface area contributed by atoms with Gasteiger partial charge in [0.2, 0.25) is 0 Å². The summed E-state index contributed by atoms with van der Waals surface area (Å²) in [6, 6.07) is 3.75. The molecule has 0 bridgehead atoms. The molecule has 0 spiro atoms. The predicted molar refractivity (Wildman–Crippen MR) is 80.6 cm³/mol. The van der Waals surface area contributed by atoms with Crippen LogP contribution in [0.25, 0.3) is 0 Å². The molecule has 2 aromatic rings. The van der Waals surface area contributed by atoms with E-state index in [0.29, 0.717) is 10.7 Å². The molecule has 1 aromatic heterocycles. The fraction of sp³-hybridized carbons (Fsp3) is 0.357. The van der Waals surface area contributed by atoms with Crippen LogP contribution in [0.2, 0.25) is 5.02 Å². The summed E-state index contributed by atoms with van der Waals surface area (Å²) in [6.45, 7) is 6.83. The van der Waals surface area contributed by atoms with Crippen LogP contribution in [0, 0.1) is 20.8 Å². The van der Waals surface area contributed by atoms with Gasteiger partial charge in [0, 0.05) is 30.5 Å². The topological polar surface area (TPSA) is 55.9 Å². The van der Waals surface area contributed by atoms with Crippen LogP contribution in [0.1, 0.15) is 22.5 Å². The normalized spacial score (nSPS) is 10.8. The van der Waals surface area contributed by atoms with Crippen molar-refractivity contribution in [3.05, 3.63) is 39.7 Å². The number of aryl methyl sites for hydroxylation is 3. The number of hydrogen-bond donors (Lipinski definition) is 2. The Morgan fingerprint density at radius 2 is 2.00 bits per heavy atom. The first kappa shape index (κ1) is 13.7. The van der Waals surface area contributed by atoms with Crippen molar-refractivity contribution < 1.29 is 0 Å². The third-order valence-electron chi connectivity index (χ3n) is 3.46. The fourth-order valence-electron chi connectivity index (χ4n) is 2.15. The minimum atomic E-state index is 0.577. The molecule has 0 saturated heterocycles. The zero-order valence-corrected chi connectivity index (χ0v) is 12.5. The third-order valence-corrected chi connectivity index (χ3v) is 3.79. The number of benzene rings is 1. The lowest BCUT2D eigenvalue weighted by Crippen LogP contribution is -2.04. The Morgan fingerprint density at radius 3 is 2.58 bits per heavy atom. The van der Waals surface area contributed by atoms with E-state index in [1.165, 1.54) is 11.3 Å². The van der Waals surface area contributed by atoms with Gasteiger partial charge in [-0.25, -0.2) is 0 Å². The number of nitrogens with one attached hydrogen (secondary N) is 1. The number of hydrogen-bond acceptors (Lipinski definition) is 3. The Bertz CT molecular complexity index is 616. The average molecular weight is 279 g/mol. The highest BCUT2D eigenvalue weighted by atomic mass is 35.5. The molecule has 3 N–H and O–H groups in total. The molecule has 0 unspecified atom stereocenters. The van der Waals surface area contributed by atoms with Crippen LogP contribution in [-0.4, -0.2) is 9.78 Å². The second kappa shape index (κ2) is 5.13. The second-order valence-electron chi connectivity index (χ2n) is 4.82. The van der Waals surface area contributed by atoms with Crippen LogP contribution >= 0.6 is 11.6 Å². The van der Waals surface area contributed by atoms with Gasteiger partial charge in [-0.2, -0.15) is 5.10 Å². The van der Waals surface area contributed by atoms with Crippen molar-refractivity contribution in [3.63, 3.8) is 0 Å². The van der Waals surface area contributed by atoms with Gasteiger partial charge in [-0.1, -0.05) is 11.6 Å². The lowest BCUT2D eigenvalue weighted by molar-refractivity contribution is 0.730. The van der Waals surface area contributed by atoms with Crippen molar-refractivity contribution in [2.75, 3.05) is 11.1 Å². The number of aromatic nitrogens is 2. The molecule has 0 radical (unpaired) electrons. The van der Waals surface area contributed by atoms with Gasteiger partial charge in [0.15, 0.2) is 0 Å². The van der Waals surface area contributed by atoms with Crippen molar-refractivity contribution >= 4 is 23.0 Å². The molecule has 2 rings (SSSR count). The minimum Gasteiger partial charge on any atom is -0.398 e. The molecule has 0 aliphatic carbocycles. The van der Waals surface area contributed by atoms with Crippen molar-refractivity contribution in [1.82, 2.24) is 9.78 Å². The molecule has 4 nitrogen and oxygen atoms in total. The Balaban J connectivity index is 2.21. The third kappa shape index (κ3) is 2.68. The van der Waals surface area contributed by atoms with Gasteiger partial charge < -0.3 is 11.1 Å². The molecule has 0 aliphatic heterocycles. The fourth-order valence-corrected chi connectivity index (χ4v) is 2.31. The molecule has 0 saturated carbocycles. The van der Waals surface area contributed by atoms with Crippen LogP contribution < -0.4 is 11.1 Å². The molecular weight excluding hydrogens is 260 g/mol. The number of nitrogens with zero attached hydrogens (tertiary/aromatic N) is 2. The quantitative estimate of drug-likeness (QED) is 0.848. The minimum absolute atomic E-state index is 0.577. The smallest absolute Gasteiger partial charge is 0.0656 e. The van der Waals surface area contributed by atoms with E-state index in [4.69, 9.17) is 17.3 Å². The first-order valence-electron chi connectivity index (χ1n) is 6.18. The van der Waals surface area contributed by atoms with E-state index < -0.39 is 0 Å². The van der Waals surface area contributed by atoms with Gasteiger partial charge in [0.25, 0.3) is 0 Å². The van der Waals surface area contributed by atoms with Gasteiger partial charge in [-0.3, -0.25) is 4.68 Å². The summed E-state index contributed by atoms with van der Waals surface area (Å²) < 4.78 is 1.90. The van der Waals surface area contributed by atoms with Crippen molar-refractivity contribution in [2.45, 2.75) is 27.3 Å². The molecule has 1 heterocycles. The monoisotopic (exact) mass is 278 g/mol. The highest BCUT2D eigenvalue weighted by Crippen LogP contribution is 2.27. The summed E-state index contributed by atoms with van der Waals surface area (Å²) in [4.78, 5) is 0. The highest BCUT2D eigenvalue weighted by Gasteiger charge is 2.10. The van der Waals surface area contributed by atoms with Crippen molar-refractivity contribution in [2.24, 2.45) is 7.05 Å². The molecule has 0 aliphatic rings. The molecule has 19 heavy (non-hydrogen) atoms. The van der Waals surface area contributed by atoms with Crippen LogP contribution in [-0.2, 0) is 13.6 Å².